The Hall–Kier alpha value is -0.870. The highest BCUT2D eigenvalue weighted by Crippen LogP contribution is 2.17. The monoisotopic (exact) mass is 202 g/mol. The van der Waals surface area contributed by atoms with Gasteiger partial charge in [-0.25, -0.2) is 0 Å². The fourth-order valence-corrected chi connectivity index (χ4v) is 1.13. The van der Waals surface area contributed by atoms with Gasteiger partial charge in [-0.1, -0.05) is 11.6 Å². The van der Waals surface area contributed by atoms with Gasteiger partial charge in [-0.3, -0.25) is 4.79 Å². The van der Waals surface area contributed by atoms with Crippen LogP contribution in [0, 0.1) is 0 Å². The number of hydrogen-bond acceptors (Lipinski definition) is 3. The molecule has 14 heavy (non-hydrogen) atoms. The first-order valence-electron chi connectivity index (χ1n) is 4.58. The number of aliphatic hydroxyl groups excluding tert-OH is 1. The molecule has 0 aromatic carbocycles. The minimum absolute atomic E-state index is 0.265. The molecular formula is C10H18O4. The molecule has 0 bridgehead atoms. The fraction of sp³-hybridized carbons (Fsp3) is 0.700. The highest BCUT2D eigenvalue weighted by molar-refractivity contribution is 5.68. The maximum atomic E-state index is 10.4. The quantitative estimate of drug-likeness (QED) is 0.560. The molecule has 0 fully saturated rings. The molecule has 1 atom stereocenters. The molecule has 0 spiro atoms. The largest absolute Gasteiger partial charge is 0.481 e. The van der Waals surface area contributed by atoms with Gasteiger partial charge in [0.1, 0.15) is 0 Å². The summed E-state index contributed by atoms with van der Waals surface area (Å²) in [7, 11) is 0. The maximum Gasteiger partial charge on any atom is 0.306 e. The summed E-state index contributed by atoms with van der Waals surface area (Å²) in [6.07, 6.45) is 2.33. The van der Waals surface area contributed by atoms with Gasteiger partial charge in [-0.15, -0.1) is 0 Å². The van der Waals surface area contributed by atoms with Crippen LogP contribution in [0.4, 0.5) is 0 Å². The molecule has 4 heteroatoms. The van der Waals surface area contributed by atoms with Gasteiger partial charge < -0.3 is 15.3 Å². The van der Waals surface area contributed by atoms with Crippen LogP contribution in [-0.2, 0) is 4.79 Å². The zero-order chi connectivity index (χ0) is 11.2. The first-order valence-corrected chi connectivity index (χ1v) is 4.58. The molecule has 0 aliphatic carbocycles. The summed E-state index contributed by atoms with van der Waals surface area (Å²) in [5.41, 5.74) is -0.377. The lowest BCUT2D eigenvalue weighted by Crippen LogP contribution is -2.35. The summed E-state index contributed by atoms with van der Waals surface area (Å²) < 4.78 is 0. The predicted octanol–water partition coefficient (Wildman–Crippen LogP) is 0.931. The average Bonchev–Trinajstić information content (AvgIpc) is 2.02. The van der Waals surface area contributed by atoms with Crippen molar-refractivity contribution in [3.8, 4) is 0 Å². The molecule has 4 nitrogen and oxygen atoms in total. The Bertz CT molecular complexity index is 218. The molecule has 1 unspecified atom stereocenters. The van der Waals surface area contributed by atoms with Crippen LogP contribution in [0.25, 0.3) is 0 Å². The summed E-state index contributed by atoms with van der Waals surface area (Å²) in [5.74, 6) is -1.10. The minimum atomic E-state index is -1.49. The number of allylic oxidation sites excluding steroid dienone is 2. The average molecular weight is 202 g/mol. The van der Waals surface area contributed by atoms with E-state index in [9.17, 15) is 9.90 Å². The Balaban J connectivity index is 4.12. The lowest BCUT2D eigenvalue weighted by atomic mass is 9.94. The molecule has 0 saturated carbocycles. The lowest BCUT2D eigenvalue weighted by Gasteiger charge is -2.23. The van der Waals surface area contributed by atoms with Crippen LogP contribution in [0.1, 0.15) is 33.1 Å². The lowest BCUT2D eigenvalue weighted by molar-refractivity contribution is -0.144. The van der Waals surface area contributed by atoms with Gasteiger partial charge in [0.2, 0.25) is 0 Å². The van der Waals surface area contributed by atoms with Crippen LogP contribution in [0.15, 0.2) is 11.6 Å². The topological polar surface area (TPSA) is 77.8 Å². The molecule has 0 aromatic rings. The molecule has 0 radical (unpaired) electrons. The van der Waals surface area contributed by atoms with E-state index >= 15 is 0 Å². The summed E-state index contributed by atoms with van der Waals surface area (Å²) >= 11 is 0. The van der Waals surface area contributed by atoms with Crippen molar-refractivity contribution in [2.45, 2.75) is 38.7 Å². The van der Waals surface area contributed by atoms with Crippen molar-refractivity contribution in [1.29, 1.82) is 0 Å². The zero-order valence-corrected chi connectivity index (χ0v) is 8.66. The van der Waals surface area contributed by atoms with Crippen molar-refractivity contribution in [2.24, 2.45) is 0 Å². The van der Waals surface area contributed by atoms with Gasteiger partial charge in [0, 0.05) is 0 Å². The van der Waals surface area contributed by atoms with Crippen molar-refractivity contribution in [1.82, 2.24) is 0 Å². The SMILES string of the molecule is CC(C)=CCCC(O)(CO)CC(=O)O. The van der Waals surface area contributed by atoms with E-state index in [-0.39, 0.29) is 6.42 Å². The van der Waals surface area contributed by atoms with Crippen molar-refractivity contribution >= 4 is 5.97 Å². The molecule has 0 amide bonds. The Labute approximate surface area is 83.9 Å². The third kappa shape index (κ3) is 5.72. The summed E-state index contributed by atoms with van der Waals surface area (Å²) in [5, 5.41) is 27.0. The Morgan fingerprint density at radius 2 is 2.00 bits per heavy atom. The second kappa shape index (κ2) is 5.78. The number of carboxylic acids is 1. The van der Waals surface area contributed by atoms with Crippen LogP contribution in [0.2, 0.25) is 0 Å². The third-order valence-corrected chi connectivity index (χ3v) is 1.94. The van der Waals surface area contributed by atoms with E-state index < -0.39 is 24.6 Å². The summed E-state index contributed by atoms with van der Waals surface area (Å²) in [6, 6.07) is 0. The van der Waals surface area contributed by atoms with Gasteiger partial charge in [-0.2, -0.15) is 0 Å². The van der Waals surface area contributed by atoms with Crippen molar-refractivity contribution < 1.29 is 20.1 Å². The van der Waals surface area contributed by atoms with Gasteiger partial charge in [0.25, 0.3) is 0 Å². The highest BCUT2D eigenvalue weighted by Gasteiger charge is 2.28. The summed E-state index contributed by atoms with van der Waals surface area (Å²) in [4.78, 5) is 10.4. The normalized spacial score (nSPS) is 14.6. The number of hydrogen-bond donors (Lipinski definition) is 3. The first kappa shape index (κ1) is 13.1. The van der Waals surface area contributed by atoms with E-state index in [0.29, 0.717) is 6.42 Å². The molecule has 0 rings (SSSR count). The van der Waals surface area contributed by atoms with Crippen molar-refractivity contribution in [3.05, 3.63) is 11.6 Å². The number of aliphatic hydroxyl groups is 2. The fourth-order valence-electron chi connectivity index (χ4n) is 1.13. The van der Waals surface area contributed by atoms with Gasteiger partial charge >= 0.3 is 5.97 Å². The Morgan fingerprint density at radius 3 is 2.36 bits per heavy atom. The maximum absolute atomic E-state index is 10.4. The zero-order valence-electron chi connectivity index (χ0n) is 8.66. The van der Waals surface area contributed by atoms with Crippen LogP contribution in [-0.4, -0.2) is 33.5 Å². The molecule has 0 heterocycles. The number of carbonyl (C=O) groups is 1. The van der Waals surface area contributed by atoms with Gasteiger partial charge in [0.15, 0.2) is 0 Å². The van der Waals surface area contributed by atoms with Gasteiger partial charge in [0.05, 0.1) is 18.6 Å². The van der Waals surface area contributed by atoms with Crippen LogP contribution < -0.4 is 0 Å². The number of aliphatic carboxylic acids is 1. The molecule has 82 valence electrons. The number of rotatable bonds is 6. The highest BCUT2D eigenvalue weighted by atomic mass is 16.4. The van der Waals surface area contributed by atoms with E-state index in [1.54, 1.807) is 0 Å². The van der Waals surface area contributed by atoms with Gasteiger partial charge in [-0.05, 0) is 26.7 Å². The Morgan fingerprint density at radius 1 is 1.43 bits per heavy atom. The predicted molar refractivity (Wildman–Crippen MR) is 53.0 cm³/mol. The van der Waals surface area contributed by atoms with E-state index in [4.69, 9.17) is 10.2 Å². The summed E-state index contributed by atoms with van der Waals surface area (Å²) in [6.45, 7) is 3.33. The van der Waals surface area contributed by atoms with Crippen molar-refractivity contribution in [3.63, 3.8) is 0 Å². The second-order valence-corrected chi connectivity index (χ2v) is 3.77. The molecule has 0 aromatic heterocycles. The van der Waals surface area contributed by atoms with E-state index in [1.807, 2.05) is 19.9 Å². The standard InChI is InChI=1S/C10H18O4/c1-8(2)4-3-5-10(14,7-11)6-9(12)13/h4,11,14H,3,5-7H2,1-2H3,(H,12,13). The third-order valence-electron chi connectivity index (χ3n) is 1.94. The van der Waals surface area contributed by atoms with E-state index in [1.165, 1.54) is 0 Å². The van der Waals surface area contributed by atoms with Crippen LogP contribution in [0.3, 0.4) is 0 Å². The Kier molecular flexibility index (Phi) is 5.42. The first-order chi connectivity index (χ1) is 6.39. The molecular weight excluding hydrogens is 184 g/mol. The minimum Gasteiger partial charge on any atom is -0.481 e. The molecule has 0 aliphatic heterocycles. The number of carboxylic acid groups (broad SMARTS) is 1. The second-order valence-electron chi connectivity index (χ2n) is 3.77. The molecule has 3 N–H and O–H groups in total. The van der Waals surface area contributed by atoms with Crippen LogP contribution in [0.5, 0.6) is 0 Å². The molecule has 0 saturated heterocycles. The van der Waals surface area contributed by atoms with E-state index in [0.717, 1.165) is 5.57 Å². The van der Waals surface area contributed by atoms with Crippen LogP contribution >= 0.6 is 0 Å². The van der Waals surface area contributed by atoms with Crippen molar-refractivity contribution in [2.75, 3.05) is 6.61 Å². The smallest absolute Gasteiger partial charge is 0.306 e. The van der Waals surface area contributed by atoms with E-state index in [2.05, 4.69) is 0 Å². The molecule has 0 aliphatic rings.